The van der Waals surface area contributed by atoms with Gasteiger partial charge in [-0.2, -0.15) is 0 Å². The third-order valence-electron chi connectivity index (χ3n) is 4.22. The van der Waals surface area contributed by atoms with Crippen molar-refractivity contribution in [2.75, 3.05) is 0 Å². The molecular weight excluding hydrogens is 245 g/mol. The molecule has 18 heavy (non-hydrogen) atoms. The van der Waals surface area contributed by atoms with Crippen molar-refractivity contribution in [2.45, 2.75) is 44.6 Å². The van der Waals surface area contributed by atoms with Gasteiger partial charge in [-0.3, -0.25) is 0 Å². The van der Waals surface area contributed by atoms with Crippen LogP contribution in [0, 0.1) is 5.82 Å². The van der Waals surface area contributed by atoms with Crippen LogP contribution in [0.5, 0.6) is 0 Å². The zero-order valence-corrected chi connectivity index (χ0v) is 11.4. The number of nitrogens with one attached hydrogen (secondary N) is 1. The summed E-state index contributed by atoms with van der Waals surface area (Å²) in [6.07, 6.45) is 6.43. The highest BCUT2D eigenvalue weighted by atomic mass is 32.2. The van der Waals surface area contributed by atoms with Crippen LogP contribution in [0.1, 0.15) is 44.6 Å². The predicted octanol–water partition coefficient (Wildman–Crippen LogP) is 4.51. The van der Waals surface area contributed by atoms with Crippen LogP contribution in [0.4, 0.5) is 4.39 Å². The topological polar surface area (TPSA) is 12.0 Å². The van der Waals surface area contributed by atoms with E-state index in [2.05, 4.69) is 11.6 Å². The maximum atomic E-state index is 13.0. The summed E-state index contributed by atoms with van der Waals surface area (Å²) in [6.45, 7) is 2.23. The number of halogens is 1. The van der Waals surface area contributed by atoms with Gasteiger partial charge in [-0.25, -0.2) is 9.11 Å². The third-order valence-corrected chi connectivity index (χ3v) is 5.46. The van der Waals surface area contributed by atoms with E-state index in [-0.39, 0.29) is 11.4 Å². The molecule has 0 amide bonds. The minimum absolute atomic E-state index is 0.166. The van der Waals surface area contributed by atoms with Crippen LogP contribution < -0.4 is 4.72 Å². The molecule has 0 radical (unpaired) electrons. The number of rotatable bonds is 1. The lowest BCUT2D eigenvalue weighted by Gasteiger charge is -2.34. The lowest BCUT2D eigenvalue weighted by atomic mass is 9.77. The molecule has 1 saturated carbocycles. The summed E-state index contributed by atoms with van der Waals surface area (Å²) in [6, 6.07) is 6.85. The van der Waals surface area contributed by atoms with Crippen molar-refractivity contribution in [1.82, 2.24) is 4.72 Å². The first kappa shape index (κ1) is 12.2. The van der Waals surface area contributed by atoms with E-state index in [1.54, 1.807) is 24.1 Å². The van der Waals surface area contributed by atoms with Crippen molar-refractivity contribution in [3.8, 4) is 0 Å². The van der Waals surface area contributed by atoms with E-state index < -0.39 is 0 Å². The van der Waals surface area contributed by atoms with Crippen LogP contribution in [0.15, 0.2) is 29.8 Å². The highest BCUT2D eigenvalue weighted by Gasteiger charge is 2.39. The van der Waals surface area contributed by atoms with Crippen LogP contribution in [-0.4, -0.2) is 5.54 Å². The summed E-state index contributed by atoms with van der Waals surface area (Å²) in [7, 11) is 0. The minimum atomic E-state index is -0.166. The lowest BCUT2D eigenvalue weighted by molar-refractivity contribution is 0.326. The van der Waals surface area contributed by atoms with Crippen molar-refractivity contribution >= 4 is 16.9 Å². The lowest BCUT2D eigenvalue weighted by Crippen LogP contribution is -2.41. The van der Waals surface area contributed by atoms with Crippen molar-refractivity contribution in [3.05, 3.63) is 41.2 Å². The summed E-state index contributed by atoms with van der Waals surface area (Å²) in [4.78, 5) is 1.29. The molecule has 1 nitrogen and oxygen atoms in total. The van der Waals surface area contributed by atoms with Gasteiger partial charge < -0.3 is 0 Å². The Morgan fingerprint density at radius 2 is 1.78 bits per heavy atom. The summed E-state index contributed by atoms with van der Waals surface area (Å²) in [5, 5.41) is 0. The van der Waals surface area contributed by atoms with Crippen LogP contribution in [0.3, 0.4) is 0 Å². The SMILES string of the molecule is CC1=C(c2ccc(F)cc2)SNC12CCCCC2. The molecular formula is C15H18FNS. The Balaban J connectivity index is 1.94. The van der Waals surface area contributed by atoms with Gasteiger partial charge in [0, 0.05) is 4.91 Å². The molecule has 0 bridgehead atoms. The zero-order valence-electron chi connectivity index (χ0n) is 10.6. The molecule has 1 aromatic rings. The zero-order chi connectivity index (χ0) is 12.6. The number of hydrogen-bond acceptors (Lipinski definition) is 2. The first-order valence-corrected chi connectivity index (χ1v) is 7.44. The molecule has 1 aliphatic carbocycles. The molecule has 1 spiro atoms. The van der Waals surface area contributed by atoms with E-state index in [0.717, 1.165) is 5.56 Å². The molecule has 1 N–H and O–H groups in total. The molecule has 1 fully saturated rings. The molecule has 0 saturated heterocycles. The van der Waals surface area contributed by atoms with E-state index in [1.165, 1.54) is 42.6 Å². The van der Waals surface area contributed by atoms with Gasteiger partial charge in [0.05, 0.1) is 5.54 Å². The molecule has 0 atom stereocenters. The van der Waals surface area contributed by atoms with Gasteiger partial charge in [0.15, 0.2) is 0 Å². The highest BCUT2D eigenvalue weighted by molar-refractivity contribution is 8.06. The van der Waals surface area contributed by atoms with Gasteiger partial charge in [0.1, 0.15) is 5.82 Å². The van der Waals surface area contributed by atoms with Gasteiger partial charge in [-0.15, -0.1) is 0 Å². The Morgan fingerprint density at radius 1 is 1.11 bits per heavy atom. The summed E-state index contributed by atoms with van der Waals surface area (Å²) in [5.41, 5.74) is 2.78. The maximum absolute atomic E-state index is 13.0. The fraction of sp³-hybridized carbons (Fsp3) is 0.467. The first-order valence-electron chi connectivity index (χ1n) is 6.63. The number of hydrogen-bond donors (Lipinski definition) is 1. The highest BCUT2D eigenvalue weighted by Crippen LogP contribution is 2.47. The third kappa shape index (κ3) is 1.99. The van der Waals surface area contributed by atoms with E-state index in [1.807, 2.05) is 12.1 Å². The fourth-order valence-electron chi connectivity index (χ4n) is 3.03. The average molecular weight is 263 g/mol. The van der Waals surface area contributed by atoms with Crippen LogP contribution in [0.2, 0.25) is 0 Å². The normalized spacial score (nSPS) is 22.8. The molecule has 0 aromatic heterocycles. The number of benzene rings is 1. The fourth-order valence-corrected chi connectivity index (χ4v) is 4.29. The van der Waals surface area contributed by atoms with Crippen molar-refractivity contribution in [3.63, 3.8) is 0 Å². The van der Waals surface area contributed by atoms with E-state index in [4.69, 9.17) is 0 Å². The van der Waals surface area contributed by atoms with Crippen molar-refractivity contribution in [2.24, 2.45) is 0 Å². The molecule has 3 rings (SSSR count). The molecule has 1 heterocycles. The van der Waals surface area contributed by atoms with Crippen LogP contribution in [0.25, 0.3) is 4.91 Å². The summed E-state index contributed by atoms with van der Waals surface area (Å²) in [5.74, 6) is -0.166. The van der Waals surface area contributed by atoms with Gasteiger partial charge in [0.2, 0.25) is 0 Å². The molecule has 0 unspecified atom stereocenters. The Labute approximate surface area is 112 Å². The largest absolute Gasteiger partial charge is 0.250 e. The monoisotopic (exact) mass is 263 g/mol. The Morgan fingerprint density at radius 3 is 2.44 bits per heavy atom. The second-order valence-electron chi connectivity index (χ2n) is 5.31. The first-order chi connectivity index (χ1) is 8.71. The summed E-state index contributed by atoms with van der Waals surface area (Å²) < 4.78 is 16.6. The molecule has 96 valence electrons. The average Bonchev–Trinajstić information content (AvgIpc) is 2.70. The molecule has 1 aliphatic heterocycles. The molecule has 1 aromatic carbocycles. The second kappa shape index (κ2) is 4.71. The van der Waals surface area contributed by atoms with Crippen LogP contribution >= 0.6 is 11.9 Å². The standard InChI is InChI=1S/C15H18FNS/c1-11-14(12-5-7-13(16)8-6-12)18-17-15(11)9-3-2-4-10-15/h5-8,17H,2-4,9-10H2,1H3. The predicted molar refractivity (Wildman–Crippen MR) is 75.5 cm³/mol. The van der Waals surface area contributed by atoms with E-state index >= 15 is 0 Å². The van der Waals surface area contributed by atoms with Gasteiger partial charge in [-0.1, -0.05) is 31.4 Å². The summed E-state index contributed by atoms with van der Waals surface area (Å²) >= 11 is 1.72. The Kier molecular flexibility index (Phi) is 3.20. The maximum Gasteiger partial charge on any atom is 0.123 e. The molecule has 3 heteroatoms. The van der Waals surface area contributed by atoms with Gasteiger partial charge >= 0.3 is 0 Å². The Bertz CT molecular complexity index is 472. The second-order valence-corrected chi connectivity index (χ2v) is 6.12. The van der Waals surface area contributed by atoms with Gasteiger partial charge in [-0.05, 0) is 55.0 Å². The van der Waals surface area contributed by atoms with Crippen LogP contribution in [-0.2, 0) is 0 Å². The van der Waals surface area contributed by atoms with E-state index in [0.29, 0.717) is 0 Å². The minimum Gasteiger partial charge on any atom is -0.250 e. The molecule has 2 aliphatic rings. The van der Waals surface area contributed by atoms with Crippen molar-refractivity contribution < 1.29 is 4.39 Å². The Hall–Kier alpha value is -0.800. The van der Waals surface area contributed by atoms with E-state index in [9.17, 15) is 4.39 Å². The smallest absolute Gasteiger partial charge is 0.123 e. The van der Waals surface area contributed by atoms with Crippen molar-refractivity contribution in [1.29, 1.82) is 0 Å². The van der Waals surface area contributed by atoms with Gasteiger partial charge in [0.25, 0.3) is 0 Å². The quantitative estimate of drug-likeness (QED) is 0.748.